The Morgan fingerprint density at radius 1 is 1.16 bits per heavy atom. The van der Waals surface area contributed by atoms with Gasteiger partial charge in [-0.2, -0.15) is 5.10 Å². The van der Waals surface area contributed by atoms with Gasteiger partial charge >= 0.3 is 0 Å². The van der Waals surface area contributed by atoms with E-state index in [1.54, 1.807) is 12.3 Å². The molecule has 0 saturated carbocycles. The highest BCUT2D eigenvalue weighted by atomic mass is 32.2. The number of fused-ring (bicyclic) bond motifs is 1. The quantitative estimate of drug-likeness (QED) is 0.756. The molecule has 0 aliphatic carbocycles. The molecule has 3 aromatic rings. The molecular weight excluding hydrogens is 270 g/mol. The smallest absolute Gasteiger partial charge is 0.158 e. The highest BCUT2D eigenvalue weighted by Crippen LogP contribution is 2.35. The minimum atomic E-state index is -0.618. The Morgan fingerprint density at radius 3 is 2.63 bits per heavy atom. The van der Waals surface area contributed by atoms with Gasteiger partial charge in [0.25, 0.3) is 0 Å². The van der Waals surface area contributed by atoms with Crippen molar-refractivity contribution in [3.8, 4) is 0 Å². The number of halogens is 2. The summed E-state index contributed by atoms with van der Waals surface area (Å²) in [5, 5.41) is 7.20. The van der Waals surface area contributed by atoms with Crippen LogP contribution in [0.3, 0.4) is 0 Å². The van der Waals surface area contributed by atoms with Crippen LogP contribution in [0.15, 0.2) is 40.3 Å². The highest BCUT2D eigenvalue weighted by Gasteiger charge is 2.11. The largest absolute Gasteiger partial charge is 0.382 e. The minimum absolute atomic E-state index is 0.308. The van der Waals surface area contributed by atoms with Gasteiger partial charge in [-0.1, -0.05) is 11.8 Å². The first-order valence-corrected chi connectivity index (χ1v) is 6.17. The number of nitrogens with one attached hydrogen (secondary N) is 1. The summed E-state index contributed by atoms with van der Waals surface area (Å²) in [4.78, 5) is 5.27. The summed E-state index contributed by atoms with van der Waals surface area (Å²) in [6, 6.07) is 5.08. The first-order valence-electron chi connectivity index (χ1n) is 5.36. The van der Waals surface area contributed by atoms with Crippen LogP contribution in [-0.2, 0) is 0 Å². The normalized spacial score (nSPS) is 11.1. The van der Waals surface area contributed by atoms with Gasteiger partial charge < -0.3 is 5.73 Å². The fourth-order valence-corrected chi connectivity index (χ4v) is 2.77. The van der Waals surface area contributed by atoms with Crippen LogP contribution in [0.25, 0.3) is 11.0 Å². The van der Waals surface area contributed by atoms with Crippen molar-refractivity contribution in [1.29, 1.82) is 0 Å². The molecule has 3 N–H and O–H groups in total. The lowest BCUT2D eigenvalue weighted by atomic mass is 10.3. The molecule has 0 saturated heterocycles. The van der Waals surface area contributed by atoms with Crippen LogP contribution in [0.5, 0.6) is 0 Å². The monoisotopic (exact) mass is 278 g/mol. The lowest BCUT2D eigenvalue weighted by Gasteiger charge is -2.04. The average molecular weight is 278 g/mol. The summed E-state index contributed by atoms with van der Waals surface area (Å²) in [6.07, 6.45) is 1.58. The molecule has 0 radical (unpaired) electrons. The molecule has 0 bridgehead atoms. The van der Waals surface area contributed by atoms with E-state index in [-0.39, 0.29) is 0 Å². The summed E-state index contributed by atoms with van der Waals surface area (Å²) in [7, 11) is 0. The van der Waals surface area contributed by atoms with Crippen molar-refractivity contribution in [2.24, 2.45) is 0 Å². The molecule has 0 fully saturated rings. The van der Waals surface area contributed by atoms with E-state index in [9.17, 15) is 8.78 Å². The molecule has 2 aromatic heterocycles. The van der Waals surface area contributed by atoms with Gasteiger partial charge in [-0.3, -0.25) is 5.10 Å². The Balaban J connectivity index is 2.08. The standard InChI is InChI=1S/C12H8F2N4S/c13-6-3-7(14)5-8(4-6)19-9-1-2-16-12-10(9)11(15)17-18-12/h1-5H,(H3,15,16,17,18). The van der Waals surface area contributed by atoms with Crippen molar-refractivity contribution < 1.29 is 8.78 Å². The van der Waals surface area contributed by atoms with Crippen molar-refractivity contribution in [2.45, 2.75) is 9.79 Å². The van der Waals surface area contributed by atoms with Crippen LogP contribution >= 0.6 is 11.8 Å². The molecule has 0 aliphatic rings. The van der Waals surface area contributed by atoms with Gasteiger partial charge in [-0.05, 0) is 18.2 Å². The molecule has 96 valence electrons. The van der Waals surface area contributed by atoms with Gasteiger partial charge in [-0.25, -0.2) is 13.8 Å². The highest BCUT2D eigenvalue weighted by molar-refractivity contribution is 7.99. The number of pyridine rings is 1. The van der Waals surface area contributed by atoms with E-state index in [0.29, 0.717) is 21.7 Å². The molecule has 19 heavy (non-hydrogen) atoms. The first kappa shape index (κ1) is 11.9. The van der Waals surface area contributed by atoms with E-state index in [4.69, 9.17) is 5.73 Å². The number of aromatic nitrogens is 3. The molecule has 0 atom stereocenters. The Bertz CT molecular complexity index is 736. The topological polar surface area (TPSA) is 67.6 Å². The Kier molecular flexibility index (Phi) is 2.83. The molecule has 2 heterocycles. The molecule has 3 rings (SSSR count). The number of nitrogens with two attached hydrogens (primary N) is 1. The van der Waals surface area contributed by atoms with Gasteiger partial charge in [-0.15, -0.1) is 0 Å². The maximum absolute atomic E-state index is 13.2. The third kappa shape index (κ3) is 2.24. The van der Waals surface area contributed by atoms with Crippen molar-refractivity contribution in [1.82, 2.24) is 15.2 Å². The van der Waals surface area contributed by atoms with Crippen molar-refractivity contribution in [3.05, 3.63) is 42.1 Å². The summed E-state index contributed by atoms with van der Waals surface area (Å²) < 4.78 is 26.3. The van der Waals surface area contributed by atoms with Crippen molar-refractivity contribution >= 4 is 28.6 Å². The second-order valence-corrected chi connectivity index (χ2v) is 4.96. The summed E-state index contributed by atoms with van der Waals surface area (Å²) >= 11 is 1.20. The molecule has 0 aliphatic heterocycles. The van der Waals surface area contributed by atoms with Gasteiger partial charge in [0, 0.05) is 22.1 Å². The predicted molar refractivity (Wildman–Crippen MR) is 68.8 cm³/mol. The lowest BCUT2D eigenvalue weighted by molar-refractivity contribution is 0.577. The molecule has 7 heteroatoms. The zero-order valence-electron chi connectivity index (χ0n) is 9.52. The number of anilines is 1. The van der Waals surface area contributed by atoms with E-state index in [0.717, 1.165) is 11.0 Å². The Hall–Kier alpha value is -2.15. The zero-order valence-corrected chi connectivity index (χ0v) is 10.3. The van der Waals surface area contributed by atoms with Gasteiger partial charge in [0.15, 0.2) is 11.5 Å². The molecule has 0 amide bonds. The summed E-state index contributed by atoms with van der Waals surface area (Å²) in [5.74, 6) is -0.927. The first-order chi connectivity index (χ1) is 9.13. The maximum Gasteiger partial charge on any atom is 0.158 e. The zero-order chi connectivity index (χ0) is 13.4. The molecule has 0 spiro atoms. The van der Waals surface area contributed by atoms with Crippen LogP contribution in [-0.4, -0.2) is 15.2 Å². The van der Waals surface area contributed by atoms with E-state index in [1.165, 1.54) is 23.9 Å². The summed E-state index contributed by atoms with van der Waals surface area (Å²) in [6.45, 7) is 0. The van der Waals surface area contributed by atoms with Gasteiger partial charge in [0.05, 0.1) is 5.39 Å². The van der Waals surface area contributed by atoms with Crippen LogP contribution < -0.4 is 5.73 Å². The Labute approximate surface area is 111 Å². The molecule has 1 aromatic carbocycles. The Morgan fingerprint density at radius 2 is 1.89 bits per heavy atom. The SMILES string of the molecule is Nc1n[nH]c2nccc(Sc3cc(F)cc(F)c3)c12. The fraction of sp³-hybridized carbons (Fsp3) is 0. The van der Waals surface area contributed by atoms with E-state index < -0.39 is 11.6 Å². The van der Waals surface area contributed by atoms with Crippen LogP contribution in [0.4, 0.5) is 14.6 Å². The number of benzene rings is 1. The van der Waals surface area contributed by atoms with Crippen molar-refractivity contribution in [3.63, 3.8) is 0 Å². The second-order valence-electron chi connectivity index (χ2n) is 3.85. The van der Waals surface area contributed by atoms with E-state index in [2.05, 4.69) is 15.2 Å². The third-order valence-corrected chi connectivity index (χ3v) is 3.55. The van der Waals surface area contributed by atoms with Crippen LogP contribution in [0, 0.1) is 11.6 Å². The van der Waals surface area contributed by atoms with Crippen LogP contribution in [0.2, 0.25) is 0 Å². The molecule has 0 unspecified atom stereocenters. The maximum atomic E-state index is 13.2. The number of nitrogens with zero attached hydrogens (tertiary/aromatic N) is 2. The van der Waals surface area contributed by atoms with E-state index >= 15 is 0 Å². The number of hydrogen-bond acceptors (Lipinski definition) is 4. The second kappa shape index (κ2) is 4.51. The predicted octanol–water partition coefficient (Wildman–Crippen LogP) is 2.97. The van der Waals surface area contributed by atoms with E-state index in [1.807, 2.05) is 0 Å². The number of nitrogen functional groups attached to an aromatic ring is 1. The van der Waals surface area contributed by atoms with Gasteiger partial charge in [0.2, 0.25) is 0 Å². The van der Waals surface area contributed by atoms with Crippen LogP contribution in [0.1, 0.15) is 0 Å². The minimum Gasteiger partial charge on any atom is -0.382 e. The number of rotatable bonds is 2. The lowest BCUT2D eigenvalue weighted by Crippen LogP contribution is -1.87. The fourth-order valence-electron chi connectivity index (χ4n) is 1.74. The average Bonchev–Trinajstić information content (AvgIpc) is 2.71. The third-order valence-electron chi connectivity index (χ3n) is 2.52. The number of hydrogen-bond donors (Lipinski definition) is 2. The van der Waals surface area contributed by atoms with Crippen molar-refractivity contribution in [2.75, 3.05) is 5.73 Å². The summed E-state index contributed by atoms with van der Waals surface area (Å²) in [5.41, 5.74) is 6.29. The molecular formula is C12H8F2N4S. The number of aromatic amines is 1. The molecule has 4 nitrogen and oxygen atoms in total. The van der Waals surface area contributed by atoms with Gasteiger partial charge in [0.1, 0.15) is 11.6 Å². The number of H-pyrrole nitrogens is 1.